The lowest BCUT2D eigenvalue weighted by Gasteiger charge is -1.89. The Morgan fingerprint density at radius 2 is 2.40 bits per heavy atom. The average Bonchev–Trinajstić information content (AvgIpc) is 2.41. The zero-order valence-electron chi connectivity index (χ0n) is 6.09. The Morgan fingerprint density at radius 1 is 1.60 bits per heavy atom. The Bertz CT molecular complexity index is 262. The van der Waals surface area contributed by atoms with Gasteiger partial charge in [0.1, 0.15) is 5.82 Å². The monoisotopic (exact) mass is 137 g/mol. The molecule has 54 valence electrons. The van der Waals surface area contributed by atoms with Gasteiger partial charge < -0.3 is 5.73 Å². The molecule has 0 spiro atoms. The maximum atomic E-state index is 5.62. The third-order valence-corrected chi connectivity index (χ3v) is 2.14. The molecule has 1 aliphatic rings. The quantitative estimate of drug-likeness (QED) is 0.572. The van der Waals surface area contributed by atoms with Crippen LogP contribution >= 0.6 is 0 Å². The molecule has 0 amide bonds. The predicted molar refractivity (Wildman–Crippen MR) is 39.7 cm³/mol. The maximum Gasteiger partial charge on any atom is 0.148 e. The molecule has 10 heavy (non-hydrogen) atoms. The van der Waals surface area contributed by atoms with Crippen LogP contribution in [-0.2, 0) is 13.0 Å². The Kier molecular flexibility index (Phi) is 1.01. The van der Waals surface area contributed by atoms with Crippen LogP contribution < -0.4 is 5.73 Å². The van der Waals surface area contributed by atoms with Crippen molar-refractivity contribution in [2.45, 2.75) is 26.3 Å². The van der Waals surface area contributed by atoms with Crippen LogP contribution in [0.25, 0.3) is 0 Å². The summed E-state index contributed by atoms with van der Waals surface area (Å²) in [7, 11) is 0. The third kappa shape index (κ3) is 0.574. The fraction of sp³-hybridized carbons (Fsp3) is 0.571. The number of nitrogen functional groups attached to an aromatic ring is 1. The number of fused-ring (bicyclic) bond motifs is 1. The van der Waals surface area contributed by atoms with Gasteiger partial charge in [0, 0.05) is 17.8 Å². The van der Waals surface area contributed by atoms with Gasteiger partial charge in [0.2, 0.25) is 0 Å². The minimum Gasteiger partial charge on any atom is -0.382 e. The second-order valence-corrected chi connectivity index (χ2v) is 2.78. The molecule has 2 N–H and O–H groups in total. The Hall–Kier alpha value is -0.990. The summed E-state index contributed by atoms with van der Waals surface area (Å²) < 4.78 is 2.02. The van der Waals surface area contributed by atoms with Crippen LogP contribution in [0.3, 0.4) is 0 Å². The van der Waals surface area contributed by atoms with Crippen molar-refractivity contribution in [3.05, 3.63) is 11.3 Å². The van der Waals surface area contributed by atoms with Crippen molar-refractivity contribution in [1.82, 2.24) is 9.78 Å². The largest absolute Gasteiger partial charge is 0.382 e. The molecule has 0 aromatic carbocycles. The van der Waals surface area contributed by atoms with Crippen molar-refractivity contribution in [2.24, 2.45) is 0 Å². The van der Waals surface area contributed by atoms with Crippen LogP contribution in [0.5, 0.6) is 0 Å². The summed E-state index contributed by atoms with van der Waals surface area (Å²) in [6, 6.07) is 0. The number of hydrogen-bond acceptors (Lipinski definition) is 2. The van der Waals surface area contributed by atoms with Crippen molar-refractivity contribution in [3.8, 4) is 0 Å². The van der Waals surface area contributed by atoms with Gasteiger partial charge in [-0.3, -0.25) is 4.68 Å². The number of hydrogen-bond donors (Lipinski definition) is 1. The van der Waals surface area contributed by atoms with Crippen LogP contribution in [0.4, 0.5) is 5.82 Å². The van der Waals surface area contributed by atoms with E-state index in [9.17, 15) is 0 Å². The Labute approximate surface area is 59.8 Å². The van der Waals surface area contributed by atoms with Gasteiger partial charge in [0.05, 0.1) is 0 Å². The van der Waals surface area contributed by atoms with E-state index in [1.807, 2.05) is 11.6 Å². The highest BCUT2D eigenvalue weighted by atomic mass is 15.3. The highest BCUT2D eigenvalue weighted by Crippen LogP contribution is 2.21. The Balaban J connectivity index is 2.59. The van der Waals surface area contributed by atoms with Crippen LogP contribution in [0.1, 0.15) is 17.7 Å². The van der Waals surface area contributed by atoms with Gasteiger partial charge in [-0.1, -0.05) is 0 Å². The summed E-state index contributed by atoms with van der Waals surface area (Å²) >= 11 is 0. The van der Waals surface area contributed by atoms with E-state index in [-0.39, 0.29) is 0 Å². The van der Waals surface area contributed by atoms with Crippen LogP contribution in [-0.4, -0.2) is 9.78 Å². The summed E-state index contributed by atoms with van der Waals surface area (Å²) in [5, 5.41) is 4.19. The van der Waals surface area contributed by atoms with E-state index in [2.05, 4.69) is 5.10 Å². The minimum absolute atomic E-state index is 0.703. The van der Waals surface area contributed by atoms with E-state index in [1.165, 1.54) is 17.7 Å². The molecule has 2 rings (SSSR count). The van der Waals surface area contributed by atoms with Gasteiger partial charge >= 0.3 is 0 Å². The average molecular weight is 137 g/mol. The number of aryl methyl sites for hydroxylation is 1. The Morgan fingerprint density at radius 3 is 3.10 bits per heavy atom. The second kappa shape index (κ2) is 1.75. The highest BCUT2D eigenvalue weighted by Gasteiger charge is 2.16. The second-order valence-electron chi connectivity index (χ2n) is 2.78. The SMILES string of the molecule is Cc1c(N)nn2c1CCC2. The van der Waals surface area contributed by atoms with Crippen LogP contribution in [0, 0.1) is 6.92 Å². The van der Waals surface area contributed by atoms with E-state index in [0.29, 0.717) is 5.82 Å². The van der Waals surface area contributed by atoms with Gasteiger partial charge in [0.25, 0.3) is 0 Å². The number of anilines is 1. The van der Waals surface area contributed by atoms with Gasteiger partial charge in [-0.05, 0) is 19.8 Å². The van der Waals surface area contributed by atoms with Gasteiger partial charge in [-0.2, -0.15) is 5.10 Å². The van der Waals surface area contributed by atoms with E-state index >= 15 is 0 Å². The minimum atomic E-state index is 0.703. The zero-order chi connectivity index (χ0) is 7.14. The molecule has 0 radical (unpaired) electrons. The summed E-state index contributed by atoms with van der Waals surface area (Å²) in [5.41, 5.74) is 8.13. The van der Waals surface area contributed by atoms with E-state index in [4.69, 9.17) is 5.73 Å². The van der Waals surface area contributed by atoms with Crippen molar-refractivity contribution in [1.29, 1.82) is 0 Å². The summed E-state index contributed by atoms with van der Waals surface area (Å²) in [4.78, 5) is 0. The van der Waals surface area contributed by atoms with Gasteiger partial charge in [-0.15, -0.1) is 0 Å². The molecule has 0 aliphatic carbocycles. The summed E-state index contributed by atoms with van der Waals surface area (Å²) in [6.07, 6.45) is 2.37. The number of nitrogens with zero attached hydrogens (tertiary/aromatic N) is 2. The molecule has 0 saturated heterocycles. The first-order valence-corrected chi connectivity index (χ1v) is 3.61. The number of rotatable bonds is 0. The standard InChI is InChI=1S/C7H11N3/c1-5-6-3-2-4-10(6)9-7(5)8/h2-4H2,1H3,(H2,8,9). The van der Waals surface area contributed by atoms with Gasteiger partial charge in [0.15, 0.2) is 0 Å². The molecule has 1 aliphatic heterocycles. The molecular weight excluding hydrogens is 126 g/mol. The first-order chi connectivity index (χ1) is 4.79. The van der Waals surface area contributed by atoms with E-state index in [0.717, 1.165) is 13.0 Å². The third-order valence-electron chi connectivity index (χ3n) is 2.14. The molecule has 0 unspecified atom stereocenters. The lowest BCUT2D eigenvalue weighted by atomic mass is 10.2. The summed E-state index contributed by atoms with van der Waals surface area (Å²) in [6.45, 7) is 3.09. The van der Waals surface area contributed by atoms with Crippen molar-refractivity contribution < 1.29 is 0 Å². The number of nitrogens with two attached hydrogens (primary N) is 1. The molecule has 1 aromatic heterocycles. The van der Waals surface area contributed by atoms with E-state index in [1.54, 1.807) is 0 Å². The molecule has 1 aromatic rings. The lowest BCUT2D eigenvalue weighted by molar-refractivity contribution is 0.659. The molecule has 3 nitrogen and oxygen atoms in total. The predicted octanol–water partition coefficient (Wildman–Crippen LogP) is 0.720. The topological polar surface area (TPSA) is 43.8 Å². The van der Waals surface area contributed by atoms with Gasteiger partial charge in [-0.25, -0.2) is 0 Å². The molecule has 0 bridgehead atoms. The molecule has 0 saturated carbocycles. The fourth-order valence-corrected chi connectivity index (χ4v) is 1.50. The highest BCUT2D eigenvalue weighted by molar-refractivity contribution is 5.42. The molecule has 3 heteroatoms. The first kappa shape index (κ1) is 5.77. The van der Waals surface area contributed by atoms with Crippen molar-refractivity contribution in [2.75, 3.05) is 5.73 Å². The lowest BCUT2D eigenvalue weighted by Crippen LogP contribution is -1.95. The number of aromatic nitrogens is 2. The molecule has 0 fully saturated rings. The summed E-state index contributed by atoms with van der Waals surface area (Å²) in [5.74, 6) is 0.703. The smallest absolute Gasteiger partial charge is 0.148 e. The maximum absolute atomic E-state index is 5.62. The van der Waals surface area contributed by atoms with Crippen LogP contribution in [0.2, 0.25) is 0 Å². The van der Waals surface area contributed by atoms with E-state index < -0.39 is 0 Å². The fourth-order valence-electron chi connectivity index (χ4n) is 1.50. The van der Waals surface area contributed by atoms with Crippen molar-refractivity contribution >= 4 is 5.82 Å². The van der Waals surface area contributed by atoms with Crippen LogP contribution in [0.15, 0.2) is 0 Å². The van der Waals surface area contributed by atoms with Crippen molar-refractivity contribution in [3.63, 3.8) is 0 Å². The first-order valence-electron chi connectivity index (χ1n) is 3.61. The molecule has 0 atom stereocenters. The zero-order valence-corrected chi connectivity index (χ0v) is 6.09. The normalized spacial score (nSPS) is 15.7. The molecule has 2 heterocycles. The molecular formula is C7H11N3.